The summed E-state index contributed by atoms with van der Waals surface area (Å²) in [5, 5.41) is 30.4. The molecule has 1 aliphatic carbocycles. The van der Waals surface area contributed by atoms with Gasteiger partial charge in [0.05, 0.1) is 81.1 Å². The Morgan fingerprint density at radius 3 is 2.20 bits per heavy atom. The standard InChI is InChI=1S/C57H65FN10O15/c1-3-57(80)37-25-42-53-35(30-68(42)55(78)36(37)31-83-56(57)79)52-39(12-11-34-32(2)38(58)26-40(66-53)51(34)52)64-45(71)10-7-17-59-46(72)28-63-54(77)41(24-33-8-5-4-6-9-33)65-48(74)29-62-47(73)27-61-44(70)16-20-81-22-23-82-21-18-60-43(69)15-19-67-49(75)13-14-50(67)76/h4-6,8-9,13-14,25-26,39,41,80H,3,7,10-12,15-24,27-31H2,1-2H3,(H,59,72)(H,60,69)(H,61,70)(H,62,73)(H,63,77)(H,64,71)(H,65,74)/t39-,41-,57-/m0/s1. The van der Waals surface area contributed by atoms with Gasteiger partial charge in [-0.3, -0.25) is 52.8 Å². The number of nitrogens with zero attached hydrogens (tertiary/aromatic N) is 3. The van der Waals surface area contributed by atoms with E-state index < -0.39 is 96.0 Å². The lowest BCUT2D eigenvalue weighted by atomic mass is 9.81. The average molecular weight is 1150 g/mol. The van der Waals surface area contributed by atoms with Crippen LogP contribution in [0, 0.1) is 12.7 Å². The van der Waals surface area contributed by atoms with Crippen LogP contribution < -0.4 is 42.8 Å². The van der Waals surface area contributed by atoms with Gasteiger partial charge in [0.25, 0.3) is 17.4 Å². The van der Waals surface area contributed by atoms with Gasteiger partial charge in [-0.2, -0.15) is 0 Å². The summed E-state index contributed by atoms with van der Waals surface area (Å²) in [6.45, 7) is 2.39. The van der Waals surface area contributed by atoms with Crippen LogP contribution in [0.5, 0.6) is 0 Å². The van der Waals surface area contributed by atoms with Gasteiger partial charge in [-0.15, -0.1) is 0 Å². The van der Waals surface area contributed by atoms with Crippen molar-refractivity contribution in [3.8, 4) is 11.4 Å². The molecule has 4 aromatic rings. The first-order valence-electron chi connectivity index (χ1n) is 27.3. The number of imide groups is 1. The lowest BCUT2D eigenvalue weighted by Gasteiger charge is -2.31. The minimum Gasteiger partial charge on any atom is -0.458 e. The Morgan fingerprint density at radius 2 is 1.46 bits per heavy atom. The molecule has 0 fully saturated rings. The Balaban J connectivity index is 0.740. The zero-order valence-electron chi connectivity index (χ0n) is 45.9. The predicted octanol–water partition coefficient (Wildman–Crippen LogP) is -0.542. The number of aryl methyl sites for hydroxylation is 1. The smallest absolute Gasteiger partial charge is 0.343 e. The van der Waals surface area contributed by atoms with Gasteiger partial charge in [-0.1, -0.05) is 37.3 Å². The molecule has 83 heavy (non-hydrogen) atoms. The highest BCUT2D eigenvalue weighted by Crippen LogP contribution is 2.46. The van der Waals surface area contributed by atoms with Crippen LogP contribution in [0.25, 0.3) is 22.3 Å². The van der Waals surface area contributed by atoms with Gasteiger partial charge in [-0.05, 0) is 60.9 Å². The first-order valence-corrected chi connectivity index (χ1v) is 27.3. The number of nitrogens with one attached hydrogen (secondary N) is 7. The van der Waals surface area contributed by atoms with Gasteiger partial charge in [0, 0.05) is 80.0 Å². The number of fused-ring (bicyclic) bond motifs is 5. The van der Waals surface area contributed by atoms with Gasteiger partial charge in [-0.25, -0.2) is 14.2 Å². The van der Waals surface area contributed by atoms with Crippen LogP contribution in [0.1, 0.15) is 90.4 Å². The third-order valence-electron chi connectivity index (χ3n) is 14.7. The van der Waals surface area contributed by atoms with E-state index in [1.54, 1.807) is 50.2 Å². The molecule has 25 nitrogen and oxygen atoms in total. The maximum atomic E-state index is 15.4. The number of aliphatic hydroxyl groups is 1. The zero-order valence-corrected chi connectivity index (χ0v) is 45.9. The molecule has 2 aromatic heterocycles. The van der Waals surface area contributed by atoms with Crippen molar-refractivity contribution in [2.45, 2.75) is 96.1 Å². The summed E-state index contributed by atoms with van der Waals surface area (Å²) in [5.74, 6) is -6.06. The molecule has 26 heteroatoms. The van der Waals surface area contributed by atoms with Crippen LogP contribution in [0.15, 0.2) is 59.4 Å². The van der Waals surface area contributed by atoms with Crippen LogP contribution in [0.4, 0.5) is 4.39 Å². The van der Waals surface area contributed by atoms with Crippen molar-refractivity contribution in [2.24, 2.45) is 0 Å². The molecule has 440 valence electrons. The van der Waals surface area contributed by atoms with Crippen molar-refractivity contribution in [3.05, 3.63) is 110 Å². The fourth-order valence-corrected chi connectivity index (χ4v) is 10.3. The summed E-state index contributed by atoms with van der Waals surface area (Å²) in [7, 11) is 0. The van der Waals surface area contributed by atoms with E-state index in [1.165, 1.54) is 10.6 Å². The van der Waals surface area contributed by atoms with Crippen LogP contribution >= 0.6 is 0 Å². The minimum absolute atomic E-state index is 0.00336. The molecule has 3 atom stereocenters. The molecule has 0 unspecified atom stereocenters. The number of cyclic esters (lactones) is 1. The maximum absolute atomic E-state index is 15.4. The van der Waals surface area contributed by atoms with Crippen molar-refractivity contribution >= 4 is 70.0 Å². The van der Waals surface area contributed by atoms with Crippen LogP contribution in [-0.4, -0.2) is 150 Å². The van der Waals surface area contributed by atoms with E-state index in [0.717, 1.165) is 22.6 Å². The van der Waals surface area contributed by atoms with E-state index in [4.69, 9.17) is 19.2 Å². The molecule has 0 saturated carbocycles. The fourth-order valence-electron chi connectivity index (χ4n) is 10.3. The number of carbonyl (C=O) groups excluding carboxylic acids is 10. The van der Waals surface area contributed by atoms with E-state index in [1.807, 2.05) is 0 Å². The number of esters is 1. The van der Waals surface area contributed by atoms with E-state index in [9.17, 15) is 57.8 Å². The first-order chi connectivity index (χ1) is 39.9. The highest BCUT2D eigenvalue weighted by atomic mass is 19.1. The van der Waals surface area contributed by atoms with Gasteiger partial charge in [0.1, 0.15) is 18.5 Å². The van der Waals surface area contributed by atoms with Crippen molar-refractivity contribution < 1.29 is 71.7 Å². The largest absolute Gasteiger partial charge is 0.458 e. The predicted molar refractivity (Wildman–Crippen MR) is 292 cm³/mol. The quantitative estimate of drug-likeness (QED) is 0.0177. The monoisotopic (exact) mass is 1150 g/mol. The topological polar surface area (TPSA) is 341 Å². The maximum Gasteiger partial charge on any atom is 0.343 e. The second-order valence-corrected chi connectivity index (χ2v) is 20.2. The normalized spacial score (nSPS) is 16.7. The second-order valence-electron chi connectivity index (χ2n) is 20.2. The Labute approximate surface area is 474 Å². The molecule has 9 amide bonds. The van der Waals surface area contributed by atoms with Crippen molar-refractivity contribution in [3.63, 3.8) is 0 Å². The Bertz CT molecular complexity index is 3310. The number of carbonyl (C=O) groups is 10. The molecule has 2 aromatic carbocycles. The molecular formula is C57H65FN10O15. The number of amides is 9. The van der Waals surface area contributed by atoms with Crippen LogP contribution in [0.2, 0.25) is 0 Å². The number of halogens is 1. The highest BCUT2D eigenvalue weighted by molar-refractivity contribution is 6.13. The van der Waals surface area contributed by atoms with Gasteiger partial charge < -0.3 is 61.1 Å². The van der Waals surface area contributed by atoms with Gasteiger partial charge in [0.15, 0.2) is 5.60 Å². The fraction of sp³-hybridized carbons (Fsp3) is 0.439. The number of hydrogen-bond donors (Lipinski definition) is 8. The van der Waals surface area contributed by atoms with Crippen LogP contribution in [0.3, 0.4) is 0 Å². The summed E-state index contributed by atoms with van der Waals surface area (Å²) < 4.78 is 32.9. The molecule has 8 rings (SSSR count). The van der Waals surface area contributed by atoms with E-state index >= 15 is 4.39 Å². The van der Waals surface area contributed by atoms with Gasteiger partial charge >= 0.3 is 5.97 Å². The van der Waals surface area contributed by atoms with E-state index in [-0.39, 0.29) is 121 Å². The Morgan fingerprint density at radius 1 is 0.783 bits per heavy atom. The summed E-state index contributed by atoms with van der Waals surface area (Å²) >= 11 is 0. The first kappa shape index (κ1) is 60.3. The summed E-state index contributed by atoms with van der Waals surface area (Å²) in [5.41, 5.74) is 2.09. The molecular weight excluding hydrogens is 1080 g/mol. The van der Waals surface area contributed by atoms with E-state index in [0.29, 0.717) is 57.4 Å². The second kappa shape index (κ2) is 27.3. The third kappa shape index (κ3) is 14.5. The minimum atomic E-state index is -2.05. The molecule has 8 N–H and O–H groups in total. The summed E-state index contributed by atoms with van der Waals surface area (Å²) in [6.07, 6.45) is 3.23. The Hall–Kier alpha value is -8.75. The SMILES string of the molecule is CC[C@@]1(O)C(=O)OCc2c1cc1n(c2=O)Cc2c-1nc1cc(F)c(C)c3c1c2[C@@H](NC(=O)CCCNC(=O)CNC(=O)[C@H](Cc1ccccc1)NC(=O)CNC(=O)CNC(=O)CCOCCOCCNC(=O)CCN1C(=O)C=CC1=O)CC3. The zero-order chi connectivity index (χ0) is 59.4. The molecule has 0 spiro atoms. The molecule has 4 aliphatic rings. The number of hydrogen-bond acceptors (Lipinski definition) is 16. The molecule has 3 aliphatic heterocycles. The highest BCUT2D eigenvalue weighted by Gasteiger charge is 2.46. The summed E-state index contributed by atoms with van der Waals surface area (Å²) in [4.78, 5) is 145. The third-order valence-corrected chi connectivity index (χ3v) is 14.7. The summed E-state index contributed by atoms with van der Waals surface area (Å²) in [6, 6.07) is 9.98. The molecule has 0 saturated heterocycles. The van der Waals surface area contributed by atoms with Crippen molar-refractivity contribution in [2.75, 3.05) is 65.7 Å². The lowest BCUT2D eigenvalue weighted by Crippen LogP contribution is -2.52. The van der Waals surface area contributed by atoms with Crippen molar-refractivity contribution in [1.82, 2.24) is 51.7 Å². The average Bonchev–Trinajstić information content (AvgIpc) is 4.19. The molecule has 0 bridgehead atoms. The van der Waals surface area contributed by atoms with Gasteiger partial charge in [0.2, 0.25) is 41.4 Å². The number of pyridine rings is 2. The molecule has 5 heterocycles. The number of rotatable bonds is 28. The van der Waals surface area contributed by atoms with Crippen LogP contribution in [-0.2, 0) is 93.8 Å². The number of aromatic nitrogens is 2. The number of ether oxygens (including phenoxy) is 3. The molecule has 0 radical (unpaired) electrons. The van der Waals surface area contributed by atoms with Crippen molar-refractivity contribution in [1.29, 1.82) is 0 Å². The lowest BCUT2D eigenvalue weighted by molar-refractivity contribution is -0.172. The number of benzene rings is 2. The Kier molecular flexibility index (Phi) is 19.9. The van der Waals surface area contributed by atoms with E-state index in [2.05, 4.69) is 37.2 Å².